The first-order valence-electron chi connectivity index (χ1n) is 10.6. The Bertz CT molecular complexity index is 1200. The lowest BCUT2D eigenvalue weighted by atomic mass is 9.77. The fourth-order valence-corrected chi connectivity index (χ4v) is 3.59. The van der Waals surface area contributed by atoms with E-state index in [4.69, 9.17) is 20.9 Å². The van der Waals surface area contributed by atoms with E-state index in [2.05, 4.69) is 45.0 Å². The quantitative estimate of drug-likeness (QED) is 0.325. The number of hydrogen-bond acceptors (Lipinski definition) is 4. The van der Waals surface area contributed by atoms with Crippen molar-refractivity contribution in [2.24, 2.45) is 0 Å². The van der Waals surface area contributed by atoms with Gasteiger partial charge in [-0.15, -0.1) is 0 Å². The number of ether oxygens (including phenoxy) is 2. The minimum Gasteiger partial charge on any atom is -0.457 e. The molecule has 0 aliphatic rings. The van der Waals surface area contributed by atoms with Crippen molar-refractivity contribution >= 4 is 11.4 Å². The normalized spacial score (nSPS) is 11.2. The van der Waals surface area contributed by atoms with Crippen LogP contribution in [0.4, 0.5) is 11.4 Å². The molecule has 0 unspecified atom stereocenters. The highest BCUT2D eigenvalue weighted by Crippen LogP contribution is 2.36. The monoisotopic (exact) mass is 424 g/mol. The highest BCUT2D eigenvalue weighted by molar-refractivity contribution is 5.48. The van der Waals surface area contributed by atoms with E-state index in [-0.39, 0.29) is 5.41 Å². The van der Waals surface area contributed by atoms with Crippen LogP contribution in [0, 0.1) is 6.92 Å². The molecule has 0 fully saturated rings. The van der Waals surface area contributed by atoms with Crippen molar-refractivity contribution in [2.75, 3.05) is 11.5 Å². The molecule has 4 rings (SSSR count). The van der Waals surface area contributed by atoms with E-state index in [9.17, 15) is 0 Å². The summed E-state index contributed by atoms with van der Waals surface area (Å²) in [6.45, 7) is 6.51. The number of nitrogen functional groups attached to an aromatic ring is 2. The molecule has 0 saturated heterocycles. The molecule has 0 heterocycles. The predicted octanol–water partition coefficient (Wildman–Crippen LogP) is 7.07. The molecule has 4 heteroatoms. The Morgan fingerprint density at radius 3 is 1.50 bits per heavy atom. The average Bonchev–Trinajstić information content (AvgIpc) is 2.78. The first kappa shape index (κ1) is 21.3. The van der Waals surface area contributed by atoms with E-state index >= 15 is 0 Å². The van der Waals surface area contributed by atoms with Gasteiger partial charge in [-0.1, -0.05) is 38.1 Å². The Kier molecular flexibility index (Phi) is 5.78. The van der Waals surface area contributed by atoms with Gasteiger partial charge in [-0.2, -0.15) is 0 Å². The van der Waals surface area contributed by atoms with E-state index < -0.39 is 0 Å². The zero-order chi connectivity index (χ0) is 22.7. The lowest BCUT2D eigenvalue weighted by molar-refractivity contribution is 0.478. The van der Waals surface area contributed by atoms with Crippen LogP contribution >= 0.6 is 0 Å². The van der Waals surface area contributed by atoms with Crippen molar-refractivity contribution in [3.05, 3.63) is 108 Å². The molecule has 4 nitrogen and oxygen atoms in total. The van der Waals surface area contributed by atoms with Gasteiger partial charge in [0.25, 0.3) is 0 Å². The van der Waals surface area contributed by atoms with Crippen molar-refractivity contribution in [3.63, 3.8) is 0 Å². The molecular weight excluding hydrogens is 396 g/mol. The molecule has 0 radical (unpaired) electrons. The lowest BCUT2D eigenvalue weighted by Crippen LogP contribution is -2.19. The molecule has 0 aromatic heterocycles. The molecule has 0 aliphatic heterocycles. The van der Waals surface area contributed by atoms with Gasteiger partial charge < -0.3 is 20.9 Å². The summed E-state index contributed by atoms with van der Waals surface area (Å²) in [4.78, 5) is 0. The third-order valence-electron chi connectivity index (χ3n) is 5.70. The van der Waals surface area contributed by atoms with E-state index in [1.165, 1.54) is 11.1 Å². The van der Waals surface area contributed by atoms with Crippen LogP contribution in [0.1, 0.15) is 30.5 Å². The molecule has 4 aromatic carbocycles. The lowest BCUT2D eigenvalue weighted by Gasteiger charge is -2.27. The van der Waals surface area contributed by atoms with Crippen molar-refractivity contribution in [1.82, 2.24) is 0 Å². The summed E-state index contributed by atoms with van der Waals surface area (Å²) in [5.41, 5.74) is 16.3. The minimum absolute atomic E-state index is 0.176. The summed E-state index contributed by atoms with van der Waals surface area (Å²) in [7, 11) is 0. The number of hydrogen-bond donors (Lipinski definition) is 2. The maximum Gasteiger partial charge on any atom is 0.130 e. The summed E-state index contributed by atoms with van der Waals surface area (Å²) in [6, 6.07) is 29.4. The fourth-order valence-electron chi connectivity index (χ4n) is 3.59. The minimum atomic E-state index is -0.176. The Morgan fingerprint density at radius 2 is 1.00 bits per heavy atom. The molecule has 162 valence electrons. The van der Waals surface area contributed by atoms with Crippen molar-refractivity contribution < 1.29 is 9.47 Å². The van der Waals surface area contributed by atoms with Crippen LogP contribution in [0.5, 0.6) is 23.0 Å². The zero-order valence-electron chi connectivity index (χ0n) is 18.6. The Hall–Kier alpha value is -3.92. The molecule has 0 aliphatic carbocycles. The number of benzene rings is 4. The fraction of sp³-hybridized carbons (Fsp3) is 0.143. The molecule has 0 atom stereocenters. The maximum absolute atomic E-state index is 6.04. The molecular formula is C28H28N2O2. The second kappa shape index (κ2) is 8.67. The van der Waals surface area contributed by atoms with Gasteiger partial charge in [-0.3, -0.25) is 0 Å². The van der Waals surface area contributed by atoms with Gasteiger partial charge in [0.05, 0.1) is 0 Å². The van der Waals surface area contributed by atoms with Crippen LogP contribution < -0.4 is 20.9 Å². The largest absolute Gasteiger partial charge is 0.457 e. The highest BCUT2D eigenvalue weighted by Gasteiger charge is 2.24. The summed E-state index contributed by atoms with van der Waals surface area (Å²) in [6.07, 6.45) is 0. The van der Waals surface area contributed by atoms with Crippen LogP contribution in [0.2, 0.25) is 0 Å². The molecule has 0 bridgehead atoms. The van der Waals surface area contributed by atoms with Crippen molar-refractivity contribution in [2.45, 2.75) is 26.2 Å². The van der Waals surface area contributed by atoms with Gasteiger partial charge in [0, 0.05) is 16.8 Å². The van der Waals surface area contributed by atoms with Crippen LogP contribution in [0.25, 0.3) is 0 Å². The van der Waals surface area contributed by atoms with Crippen LogP contribution in [-0.2, 0) is 5.41 Å². The van der Waals surface area contributed by atoms with Gasteiger partial charge in [-0.25, -0.2) is 0 Å². The molecule has 0 spiro atoms. The summed E-state index contributed by atoms with van der Waals surface area (Å²) >= 11 is 0. The topological polar surface area (TPSA) is 70.5 Å². The maximum atomic E-state index is 6.04. The summed E-state index contributed by atoms with van der Waals surface area (Å²) < 4.78 is 12.0. The van der Waals surface area contributed by atoms with Gasteiger partial charge in [0.1, 0.15) is 23.0 Å². The first-order valence-corrected chi connectivity index (χ1v) is 10.6. The Morgan fingerprint density at radius 1 is 0.562 bits per heavy atom. The van der Waals surface area contributed by atoms with E-state index in [1.54, 1.807) is 0 Å². The van der Waals surface area contributed by atoms with E-state index in [0.29, 0.717) is 0 Å². The third-order valence-corrected chi connectivity index (χ3v) is 5.70. The van der Waals surface area contributed by atoms with Crippen LogP contribution in [0.3, 0.4) is 0 Å². The average molecular weight is 425 g/mol. The molecule has 4 N–H and O–H groups in total. The predicted molar refractivity (Wildman–Crippen MR) is 132 cm³/mol. The zero-order valence-corrected chi connectivity index (χ0v) is 18.6. The molecule has 4 aromatic rings. The van der Waals surface area contributed by atoms with Gasteiger partial charge in [-0.05, 0) is 90.3 Å². The third kappa shape index (κ3) is 4.70. The second-order valence-electron chi connectivity index (χ2n) is 8.47. The van der Waals surface area contributed by atoms with Crippen LogP contribution in [-0.4, -0.2) is 0 Å². The standard InChI is InChI=1S/C28H28N2O2/c1-19-18-21(6-17-27(19)32-26-15-9-23(30)10-16-26)28(2,3)20-4-11-24(12-5-20)31-25-13-7-22(29)8-14-25/h4-18H,29-30H2,1-3H3. The Balaban J connectivity index is 1.51. The summed E-state index contributed by atoms with van der Waals surface area (Å²) in [5, 5.41) is 0. The first-order chi connectivity index (χ1) is 15.3. The van der Waals surface area contributed by atoms with Gasteiger partial charge >= 0.3 is 0 Å². The number of anilines is 2. The summed E-state index contributed by atoms with van der Waals surface area (Å²) in [5.74, 6) is 3.16. The van der Waals surface area contributed by atoms with E-state index in [0.717, 1.165) is 39.9 Å². The Labute approximate surface area is 189 Å². The second-order valence-corrected chi connectivity index (χ2v) is 8.47. The molecule has 0 amide bonds. The molecule has 32 heavy (non-hydrogen) atoms. The number of nitrogens with two attached hydrogens (primary N) is 2. The van der Waals surface area contributed by atoms with Crippen molar-refractivity contribution in [3.8, 4) is 23.0 Å². The number of rotatable bonds is 6. The number of aryl methyl sites for hydroxylation is 1. The van der Waals surface area contributed by atoms with Gasteiger partial charge in [0.2, 0.25) is 0 Å². The van der Waals surface area contributed by atoms with Gasteiger partial charge in [0.15, 0.2) is 0 Å². The SMILES string of the molecule is Cc1cc(C(C)(C)c2ccc(Oc3ccc(N)cc3)cc2)ccc1Oc1ccc(N)cc1. The smallest absolute Gasteiger partial charge is 0.130 e. The van der Waals surface area contributed by atoms with E-state index in [1.807, 2.05) is 66.7 Å². The van der Waals surface area contributed by atoms with Crippen LogP contribution in [0.15, 0.2) is 91.0 Å². The molecule has 0 saturated carbocycles. The van der Waals surface area contributed by atoms with Crippen molar-refractivity contribution in [1.29, 1.82) is 0 Å². The highest BCUT2D eigenvalue weighted by atomic mass is 16.5.